The Hall–Kier alpha value is -3.43. The van der Waals surface area contributed by atoms with Crippen LogP contribution in [0.15, 0.2) is 66.9 Å². The van der Waals surface area contributed by atoms with Gasteiger partial charge >= 0.3 is 0 Å². The highest BCUT2D eigenvalue weighted by atomic mass is 14.7. The van der Waals surface area contributed by atoms with E-state index in [1.54, 1.807) is 24.4 Å². The Morgan fingerprint density at radius 3 is 2.41 bits per heavy atom. The predicted octanol–water partition coefficient (Wildman–Crippen LogP) is 4.84. The molecule has 3 aromatic rings. The van der Waals surface area contributed by atoms with Crippen molar-refractivity contribution >= 4 is 5.69 Å². The van der Waals surface area contributed by atoms with Crippen LogP contribution in [0.4, 0.5) is 5.69 Å². The van der Waals surface area contributed by atoms with Gasteiger partial charge in [-0.25, -0.2) is 4.85 Å². The molecule has 0 fully saturated rings. The third-order valence-corrected chi connectivity index (χ3v) is 3.39. The van der Waals surface area contributed by atoms with E-state index in [4.69, 9.17) is 11.8 Å². The molecule has 3 heteroatoms. The zero-order valence-electron chi connectivity index (χ0n) is 11.7. The van der Waals surface area contributed by atoms with Crippen LogP contribution >= 0.6 is 0 Å². The number of nitrogens with zero attached hydrogens (tertiary/aromatic N) is 3. The number of rotatable bonds is 2. The average Bonchev–Trinajstić information content (AvgIpc) is 2.62. The third kappa shape index (κ3) is 2.57. The SMILES string of the molecule is [C-]#[N+]c1cc(C#N)ccc1-c1ccc(-c2ccccc2)cn1. The molecule has 0 aliphatic rings. The lowest BCUT2D eigenvalue weighted by Crippen LogP contribution is -1.86. The molecule has 0 amide bonds. The van der Waals surface area contributed by atoms with Crippen molar-refractivity contribution in [2.45, 2.75) is 0 Å². The fraction of sp³-hybridized carbons (Fsp3) is 0. The van der Waals surface area contributed by atoms with Crippen LogP contribution in [-0.4, -0.2) is 4.98 Å². The molecule has 0 spiro atoms. The second-order valence-electron chi connectivity index (χ2n) is 4.75. The van der Waals surface area contributed by atoms with E-state index in [0.29, 0.717) is 11.3 Å². The van der Waals surface area contributed by atoms with Gasteiger partial charge in [-0.3, -0.25) is 4.98 Å². The summed E-state index contributed by atoms with van der Waals surface area (Å²) >= 11 is 0. The summed E-state index contributed by atoms with van der Waals surface area (Å²) in [5.74, 6) is 0. The van der Waals surface area contributed by atoms with E-state index in [0.717, 1.165) is 22.4 Å². The summed E-state index contributed by atoms with van der Waals surface area (Å²) in [6.07, 6.45) is 1.80. The van der Waals surface area contributed by atoms with Gasteiger partial charge < -0.3 is 0 Å². The van der Waals surface area contributed by atoms with E-state index in [2.05, 4.69) is 9.83 Å². The molecule has 102 valence electrons. The molecule has 0 radical (unpaired) electrons. The predicted molar refractivity (Wildman–Crippen MR) is 86.1 cm³/mol. The van der Waals surface area contributed by atoms with Gasteiger partial charge in [0.05, 0.1) is 18.3 Å². The minimum Gasteiger partial charge on any atom is -0.257 e. The molecule has 0 atom stereocenters. The molecule has 0 unspecified atom stereocenters. The number of pyridine rings is 1. The van der Waals surface area contributed by atoms with Crippen LogP contribution in [0.3, 0.4) is 0 Å². The highest BCUT2D eigenvalue weighted by Gasteiger charge is 2.08. The molecule has 2 aromatic carbocycles. The molecule has 3 rings (SSSR count). The fourth-order valence-electron chi connectivity index (χ4n) is 2.26. The monoisotopic (exact) mass is 281 g/mol. The van der Waals surface area contributed by atoms with Crippen molar-refractivity contribution in [1.82, 2.24) is 4.98 Å². The minimum atomic E-state index is 0.444. The third-order valence-electron chi connectivity index (χ3n) is 3.39. The molecule has 0 saturated carbocycles. The van der Waals surface area contributed by atoms with Gasteiger partial charge in [-0.15, -0.1) is 0 Å². The first-order chi connectivity index (χ1) is 10.8. The quantitative estimate of drug-likeness (QED) is 0.631. The Morgan fingerprint density at radius 1 is 0.955 bits per heavy atom. The first kappa shape index (κ1) is 13.5. The van der Waals surface area contributed by atoms with Gasteiger partial charge in [0, 0.05) is 22.9 Å². The molecule has 0 N–H and O–H groups in total. The number of aromatic nitrogens is 1. The maximum absolute atomic E-state index is 8.91. The zero-order chi connectivity index (χ0) is 15.4. The Labute approximate surface area is 128 Å². The Morgan fingerprint density at radius 2 is 1.77 bits per heavy atom. The van der Waals surface area contributed by atoms with Crippen LogP contribution in [0.2, 0.25) is 0 Å². The van der Waals surface area contributed by atoms with Gasteiger partial charge in [0.15, 0.2) is 5.69 Å². The first-order valence-electron chi connectivity index (χ1n) is 6.75. The summed E-state index contributed by atoms with van der Waals surface area (Å²) in [5.41, 5.74) is 4.53. The van der Waals surface area contributed by atoms with Crippen LogP contribution in [0.5, 0.6) is 0 Å². The molecule has 22 heavy (non-hydrogen) atoms. The Bertz CT molecular complexity index is 883. The van der Waals surface area contributed by atoms with E-state index in [1.807, 2.05) is 48.5 Å². The summed E-state index contributed by atoms with van der Waals surface area (Å²) < 4.78 is 0. The van der Waals surface area contributed by atoms with Crippen molar-refractivity contribution in [3.05, 3.63) is 83.8 Å². The van der Waals surface area contributed by atoms with Crippen LogP contribution in [0, 0.1) is 17.9 Å². The standard InChI is InChI=1S/C19H11N3/c1-21-19-11-14(12-20)7-9-17(19)18-10-8-16(13-22-18)15-5-3-2-4-6-15/h2-11,13H. The molecule has 0 aliphatic carbocycles. The van der Waals surface area contributed by atoms with Crippen LogP contribution in [0.1, 0.15) is 5.56 Å². The van der Waals surface area contributed by atoms with E-state index >= 15 is 0 Å². The smallest absolute Gasteiger partial charge is 0.197 e. The van der Waals surface area contributed by atoms with Gasteiger partial charge in [0.25, 0.3) is 0 Å². The average molecular weight is 281 g/mol. The summed E-state index contributed by atoms with van der Waals surface area (Å²) in [7, 11) is 0. The van der Waals surface area contributed by atoms with Crippen LogP contribution in [0.25, 0.3) is 27.2 Å². The Balaban J connectivity index is 2.01. The van der Waals surface area contributed by atoms with Crippen molar-refractivity contribution in [3.63, 3.8) is 0 Å². The van der Waals surface area contributed by atoms with E-state index < -0.39 is 0 Å². The maximum Gasteiger partial charge on any atom is 0.197 e. The lowest BCUT2D eigenvalue weighted by atomic mass is 10.0. The fourth-order valence-corrected chi connectivity index (χ4v) is 2.26. The van der Waals surface area contributed by atoms with Crippen molar-refractivity contribution in [2.75, 3.05) is 0 Å². The van der Waals surface area contributed by atoms with Crippen LogP contribution < -0.4 is 0 Å². The van der Waals surface area contributed by atoms with Gasteiger partial charge in [0.1, 0.15) is 0 Å². The molecule has 1 heterocycles. The highest BCUT2D eigenvalue weighted by molar-refractivity contribution is 5.78. The lowest BCUT2D eigenvalue weighted by Gasteiger charge is -2.06. The Kier molecular flexibility index (Phi) is 3.64. The second kappa shape index (κ2) is 5.91. The maximum atomic E-state index is 8.91. The van der Waals surface area contributed by atoms with E-state index in [9.17, 15) is 0 Å². The van der Waals surface area contributed by atoms with Crippen molar-refractivity contribution in [2.24, 2.45) is 0 Å². The lowest BCUT2D eigenvalue weighted by molar-refractivity contribution is 1.33. The van der Waals surface area contributed by atoms with Gasteiger partial charge in [-0.05, 0) is 23.8 Å². The first-order valence-corrected chi connectivity index (χ1v) is 6.75. The largest absolute Gasteiger partial charge is 0.257 e. The zero-order valence-corrected chi connectivity index (χ0v) is 11.7. The van der Waals surface area contributed by atoms with Gasteiger partial charge in [0.2, 0.25) is 0 Å². The number of benzene rings is 2. The van der Waals surface area contributed by atoms with E-state index in [1.165, 1.54) is 0 Å². The molecule has 1 aromatic heterocycles. The van der Waals surface area contributed by atoms with E-state index in [-0.39, 0.29) is 0 Å². The summed E-state index contributed by atoms with van der Waals surface area (Å²) in [6.45, 7) is 7.27. The normalized spacial score (nSPS) is 9.73. The summed E-state index contributed by atoms with van der Waals surface area (Å²) in [5, 5.41) is 8.91. The van der Waals surface area contributed by atoms with Crippen molar-refractivity contribution in [3.8, 4) is 28.5 Å². The number of hydrogen-bond donors (Lipinski definition) is 0. The topological polar surface area (TPSA) is 41.0 Å². The molecular weight excluding hydrogens is 270 g/mol. The molecule has 0 saturated heterocycles. The van der Waals surface area contributed by atoms with Crippen LogP contribution in [-0.2, 0) is 0 Å². The number of nitriles is 1. The molecule has 3 nitrogen and oxygen atoms in total. The van der Waals surface area contributed by atoms with Gasteiger partial charge in [-0.1, -0.05) is 42.5 Å². The van der Waals surface area contributed by atoms with Crippen molar-refractivity contribution < 1.29 is 0 Å². The molecular formula is C19H11N3. The summed E-state index contributed by atoms with van der Waals surface area (Å²) in [6, 6.07) is 21.0. The highest BCUT2D eigenvalue weighted by Crippen LogP contribution is 2.31. The van der Waals surface area contributed by atoms with Gasteiger partial charge in [-0.2, -0.15) is 5.26 Å². The molecule has 0 bridgehead atoms. The minimum absolute atomic E-state index is 0.444. The second-order valence-corrected chi connectivity index (χ2v) is 4.75. The van der Waals surface area contributed by atoms with Crippen molar-refractivity contribution in [1.29, 1.82) is 5.26 Å². The summed E-state index contributed by atoms with van der Waals surface area (Å²) in [4.78, 5) is 7.96. The number of hydrogen-bond acceptors (Lipinski definition) is 2. The molecule has 0 aliphatic heterocycles.